The Kier molecular flexibility index (Phi) is 6.69. The lowest BCUT2D eigenvalue weighted by atomic mass is 10.1. The largest absolute Gasteiger partial charge is 0.396 e. The van der Waals surface area contributed by atoms with Crippen LogP contribution in [0.4, 0.5) is 0 Å². The van der Waals surface area contributed by atoms with Crippen LogP contribution in [-0.4, -0.2) is 42.5 Å². The van der Waals surface area contributed by atoms with Crippen molar-refractivity contribution in [2.75, 3.05) is 26.4 Å². The zero-order chi connectivity index (χ0) is 14.9. The van der Waals surface area contributed by atoms with Gasteiger partial charge in [0.15, 0.2) is 0 Å². The Balaban J connectivity index is 1.65. The van der Waals surface area contributed by atoms with Gasteiger partial charge in [-0.1, -0.05) is 11.6 Å². The summed E-state index contributed by atoms with van der Waals surface area (Å²) in [6, 6.07) is 1.84. The lowest BCUT2D eigenvalue weighted by Crippen LogP contribution is -2.30. The maximum Gasteiger partial charge on any atom is 0.226 e. The first-order valence-corrected chi connectivity index (χ1v) is 7.67. The van der Waals surface area contributed by atoms with E-state index in [1.807, 2.05) is 6.07 Å². The molecule has 21 heavy (non-hydrogen) atoms. The summed E-state index contributed by atoms with van der Waals surface area (Å²) in [6.45, 7) is 2.43. The molecule has 2 N–H and O–H groups in total. The Morgan fingerprint density at radius 2 is 2.33 bits per heavy atom. The zero-order valence-corrected chi connectivity index (χ0v) is 12.3. The molecule has 1 unspecified atom stereocenters. The molecule has 1 fully saturated rings. The molecule has 2 rings (SSSR count). The van der Waals surface area contributed by atoms with Gasteiger partial charge in [0.1, 0.15) is 5.76 Å². The molecule has 1 aliphatic heterocycles. The van der Waals surface area contributed by atoms with Gasteiger partial charge < -0.3 is 19.7 Å². The molecule has 2 heterocycles. The Morgan fingerprint density at radius 1 is 1.43 bits per heavy atom. The van der Waals surface area contributed by atoms with E-state index in [4.69, 9.17) is 14.4 Å². The van der Waals surface area contributed by atoms with Crippen LogP contribution in [0.3, 0.4) is 0 Å². The van der Waals surface area contributed by atoms with E-state index in [9.17, 15) is 4.79 Å². The van der Waals surface area contributed by atoms with Crippen LogP contribution in [0.15, 0.2) is 10.6 Å². The molecule has 1 aromatic heterocycles. The van der Waals surface area contributed by atoms with Crippen molar-refractivity contribution in [3.05, 3.63) is 17.5 Å². The van der Waals surface area contributed by atoms with Crippen LogP contribution in [-0.2, 0) is 22.4 Å². The molecule has 0 radical (unpaired) electrons. The minimum Gasteiger partial charge on any atom is -0.396 e. The minimum atomic E-state index is -0.0259. The Hall–Kier alpha value is -1.40. The van der Waals surface area contributed by atoms with E-state index in [1.54, 1.807) is 0 Å². The fourth-order valence-electron chi connectivity index (χ4n) is 2.37. The number of hydrogen-bond acceptors (Lipinski definition) is 5. The van der Waals surface area contributed by atoms with Crippen molar-refractivity contribution >= 4 is 5.91 Å². The van der Waals surface area contributed by atoms with Gasteiger partial charge in [0.2, 0.25) is 5.91 Å². The lowest BCUT2D eigenvalue weighted by Gasteiger charge is -2.08. The second-order valence-electron chi connectivity index (χ2n) is 5.53. The van der Waals surface area contributed by atoms with Crippen molar-refractivity contribution in [2.45, 2.75) is 38.5 Å². The van der Waals surface area contributed by atoms with Crippen LogP contribution in [0.1, 0.15) is 37.1 Å². The molecule has 6 heteroatoms. The smallest absolute Gasteiger partial charge is 0.226 e. The Labute approximate surface area is 124 Å². The summed E-state index contributed by atoms with van der Waals surface area (Å²) >= 11 is 0. The number of aryl methyl sites for hydroxylation is 1. The third-order valence-electron chi connectivity index (χ3n) is 3.64. The van der Waals surface area contributed by atoms with Gasteiger partial charge in [-0.2, -0.15) is 0 Å². The van der Waals surface area contributed by atoms with Gasteiger partial charge in [-0.3, -0.25) is 4.79 Å². The number of aromatic nitrogens is 1. The number of ether oxygens (including phenoxy) is 1. The number of nitrogens with zero attached hydrogens (tertiary/aromatic N) is 1. The van der Waals surface area contributed by atoms with Gasteiger partial charge in [-0.05, 0) is 19.3 Å². The summed E-state index contributed by atoms with van der Waals surface area (Å²) in [5, 5.41) is 15.5. The second-order valence-corrected chi connectivity index (χ2v) is 5.53. The number of amides is 1. The van der Waals surface area contributed by atoms with Crippen LogP contribution in [0.5, 0.6) is 0 Å². The minimum absolute atomic E-state index is 0.0259. The highest BCUT2D eigenvalue weighted by atomic mass is 16.5. The fraction of sp³-hybridized carbons (Fsp3) is 0.733. The Bertz CT molecular complexity index is 427. The van der Waals surface area contributed by atoms with Crippen LogP contribution < -0.4 is 5.32 Å². The maximum atomic E-state index is 11.8. The molecule has 1 aliphatic rings. The van der Waals surface area contributed by atoms with Crippen molar-refractivity contribution in [3.63, 3.8) is 0 Å². The predicted molar refractivity (Wildman–Crippen MR) is 76.8 cm³/mol. The monoisotopic (exact) mass is 296 g/mol. The third kappa shape index (κ3) is 5.85. The van der Waals surface area contributed by atoms with Crippen molar-refractivity contribution < 1.29 is 19.2 Å². The van der Waals surface area contributed by atoms with Crippen molar-refractivity contribution in [1.82, 2.24) is 10.5 Å². The molecule has 118 valence electrons. The molecule has 0 aliphatic carbocycles. The summed E-state index contributed by atoms with van der Waals surface area (Å²) in [7, 11) is 0. The quantitative estimate of drug-likeness (QED) is 0.666. The molecule has 6 nitrogen and oxygen atoms in total. The van der Waals surface area contributed by atoms with E-state index in [1.165, 1.54) is 0 Å². The first kappa shape index (κ1) is 16.0. The van der Waals surface area contributed by atoms with Crippen LogP contribution in [0.2, 0.25) is 0 Å². The van der Waals surface area contributed by atoms with Gasteiger partial charge >= 0.3 is 0 Å². The van der Waals surface area contributed by atoms with Gasteiger partial charge in [-0.15, -0.1) is 0 Å². The van der Waals surface area contributed by atoms with Gasteiger partial charge in [0.05, 0.1) is 18.7 Å². The van der Waals surface area contributed by atoms with Crippen LogP contribution in [0, 0.1) is 5.92 Å². The van der Waals surface area contributed by atoms with Crippen molar-refractivity contribution in [2.24, 2.45) is 5.92 Å². The summed E-state index contributed by atoms with van der Waals surface area (Å²) in [5.41, 5.74) is 0.673. The summed E-state index contributed by atoms with van der Waals surface area (Å²) in [4.78, 5) is 11.8. The molecular weight excluding hydrogens is 272 g/mol. The normalized spacial score (nSPS) is 18.0. The number of aliphatic hydroxyl groups excluding tert-OH is 1. The molecule has 0 saturated carbocycles. The molecule has 1 saturated heterocycles. The number of unbranched alkanes of at least 4 members (excludes halogenated alkanes) is 2. The third-order valence-corrected chi connectivity index (χ3v) is 3.64. The number of carbonyl (C=O) groups is 1. The first-order valence-electron chi connectivity index (χ1n) is 7.67. The number of hydrogen-bond donors (Lipinski definition) is 2. The molecule has 1 atom stereocenters. The highest BCUT2D eigenvalue weighted by Gasteiger charge is 2.17. The molecule has 0 bridgehead atoms. The predicted octanol–water partition coefficient (Wildman–Crippen LogP) is 1.07. The van der Waals surface area contributed by atoms with Crippen molar-refractivity contribution in [1.29, 1.82) is 0 Å². The molecule has 0 spiro atoms. The molecule has 0 aromatic carbocycles. The van der Waals surface area contributed by atoms with E-state index in [0.29, 0.717) is 18.2 Å². The van der Waals surface area contributed by atoms with Gasteiger partial charge in [-0.25, -0.2) is 0 Å². The lowest BCUT2D eigenvalue weighted by molar-refractivity contribution is -0.120. The number of nitrogens with one attached hydrogen (secondary N) is 1. The summed E-state index contributed by atoms with van der Waals surface area (Å²) in [6.07, 6.45) is 4.82. The summed E-state index contributed by atoms with van der Waals surface area (Å²) in [5.74, 6) is 1.22. The average Bonchev–Trinajstić information content (AvgIpc) is 3.13. The van der Waals surface area contributed by atoms with E-state index in [-0.39, 0.29) is 18.9 Å². The van der Waals surface area contributed by atoms with E-state index >= 15 is 0 Å². The van der Waals surface area contributed by atoms with Crippen LogP contribution in [0.25, 0.3) is 0 Å². The zero-order valence-electron chi connectivity index (χ0n) is 12.3. The van der Waals surface area contributed by atoms with Gasteiger partial charge in [0.25, 0.3) is 0 Å². The first-order chi connectivity index (χ1) is 10.3. The van der Waals surface area contributed by atoms with Crippen LogP contribution >= 0.6 is 0 Å². The SMILES string of the molecule is O=C(Cc1cc(CCCCCO)on1)NCC1CCOC1. The standard InChI is InChI=1S/C15H24N2O4/c18-6-3-1-2-4-14-8-13(17-21-14)9-15(19)16-10-12-5-7-20-11-12/h8,12,18H,1-7,9-11H2,(H,16,19). The molecule has 1 aromatic rings. The number of carbonyl (C=O) groups excluding carboxylic acids is 1. The molecule has 1 amide bonds. The highest BCUT2D eigenvalue weighted by Crippen LogP contribution is 2.11. The van der Waals surface area contributed by atoms with E-state index in [2.05, 4.69) is 10.5 Å². The van der Waals surface area contributed by atoms with Crippen molar-refractivity contribution in [3.8, 4) is 0 Å². The second kappa shape index (κ2) is 8.79. The number of rotatable bonds is 9. The average molecular weight is 296 g/mol. The van der Waals surface area contributed by atoms with E-state index in [0.717, 1.165) is 51.1 Å². The Morgan fingerprint density at radius 3 is 3.10 bits per heavy atom. The van der Waals surface area contributed by atoms with E-state index < -0.39 is 0 Å². The van der Waals surface area contributed by atoms with Gasteiger partial charge in [0, 0.05) is 38.2 Å². The highest BCUT2D eigenvalue weighted by molar-refractivity contribution is 5.78. The maximum absolute atomic E-state index is 11.8. The summed E-state index contributed by atoms with van der Waals surface area (Å²) < 4.78 is 10.5. The fourth-order valence-corrected chi connectivity index (χ4v) is 2.37. The topological polar surface area (TPSA) is 84.6 Å². The molecular formula is C15H24N2O4. The number of aliphatic hydroxyl groups is 1.